The van der Waals surface area contributed by atoms with E-state index < -0.39 is 11.8 Å². The van der Waals surface area contributed by atoms with Crippen molar-refractivity contribution in [1.82, 2.24) is 5.32 Å². The van der Waals surface area contributed by atoms with Gasteiger partial charge in [0, 0.05) is 5.69 Å². The average Bonchev–Trinajstić information content (AvgIpc) is 2.87. The molecule has 4 rings (SSSR count). The van der Waals surface area contributed by atoms with Gasteiger partial charge < -0.3 is 14.8 Å². The second-order valence-electron chi connectivity index (χ2n) is 8.03. The number of halogens is 1. The molecular formula is C27H22ClN3O5S. The number of ether oxygens (including phenoxy) is 2. The zero-order valence-electron chi connectivity index (χ0n) is 19.9. The molecule has 0 atom stereocenters. The van der Waals surface area contributed by atoms with Crippen molar-refractivity contribution in [2.24, 2.45) is 0 Å². The third-order valence-electron chi connectivity index (χ3n) is 5.36. The number of nitrogens with zero attached hydrogens (tertiary/aromatic N) is 1. The fraction of sp³-hybridized carbons (Fsp3) is 0.111. The van der Waals surface area contributed by atoms with Crippen LogP contribution >= 0.6 is 23.8 Å². The second kappa shape index (κ2) is 11.2. The number of benzene rings is 3. The fourth-order valence-corrected chi connectivity index (χ4v) is 4.13. The van der Waals surface area contributed by atoms with Crippen molar-refractivity contribution in [3.05, 3.63) is 88.5 Å². The molecule has 37 heavy (non-hydrogen) atoms. The standard InChI is InChI=1S/C27H22ClN3O5S/c1-16-8-10-18(11-9-16)29-23(32)15-36-24-21(28)13-17(14-22(24)35-2)12-20-25(33)30-27(37)31(26(20)34)19-6-4-3-5-7-19/h3-14H,15H2,1-2H3,(H,29,32)(H,30,33,37)/b20-12-. The van der Waals surface area contributed by atoms with Gasteiger partial charge in [-0.25, -0.2) is 0 Å². The fourth-order valence-electron chi connectivity index (χ4n) is 3.57. The van der Waals surface area contributed by atoms with Crippen LogP contribution in [0.25, 0.3) is 6.08 Å². The van der Waals surface area contributed by atoms with Gasteiger partial charge in [0.1, 0.15) is 5.57 Å². The van der Waals surface area contributed by atoms with Gasteiger partial charge in [0.15, 0.2) is 23.2 Å². The molecule has 3 amide bonds. The minimum Gasteiger partial charge on any atom is -0.493 e. The molecule has 0 spiro atoms. The summed E-state index contributed by atoms with van der Waals surface area (Å²) in [5.74, 6) is -1.22. The molecule has 0 unspecified atom stereocenters. The van der Waals surface area contributed by atoms with Gasteiger partial charge in [0.25, 0.3) is 17.7 Å². The number of thiocarbonyl (C=S) groups is 1. The van der Waals surface area contributed by atoms with Crippen LogP contribution in [0.1, 0.15) is 11.1 Å². The van der Waals surface area contributed by atoms with Crippen LogP contribution in [-0.2, 0) is 14.4 Å². The molecule has 3 aromatic rings. The number of rotatable bonds is 7. The number of hydrogen-bond donors (Lipinski definition) is 2. The van der Waals surface area contributed by atoms with Crippen molar-refractivity contribution < 1.29 is 23.9 Å². The highest BCUT2D eigenvalue weighted by atomic mass is 35.5. The van der Waals surface area contributed by atoms with E-state index >= 15 is 0 Å². The molecule has 0 radical (unpaired) electrons. The number of methoxy groups -OCH3 is 1. The van der Waals surface area contributed by atoms with E-state index in [1.165, 1.54) is 24.2 Å². The van der Waals surface area contributed by atoms with Gasteiger partial charge in [-0.05, 0) is 67.2 Å². The summed E-state index contributed by atoms with van der Waals surface area (Å²) in [5.41, 5.74) is 2.51. The molecule has 1 fully saturated rings. The predicted octanol–water partition coefficient (Wildman–Crippen LogP) is 4.51. The Kier molecular flexibility index (Phi) is 7.86. The highest BCUT2D eigenvalue weighted by Crippen LogP contribution is 2.37. The third-order valence-corrected chi connectivity index (χ3v) is 5.93. The number of amides is 3. The van der Waals surface area contributed by atoms with Crippen molar-refractivity contribution >= 4 is 64.1 Å². The predicted molar refractivity (Wildman–Crippen MR) is 146 cm³/mol. The van der Waals surface area contributed by atoms with Crippen molar-refractivity contribution in [3.63, 3.8) is 0 Å². The first-order chi connectivity index (χ1) is 17.8. The smallest absolute Gasteiger partial charge is 0.270 e. The average molecular weight is 536 g/mol. The van der Waals surface area contributed by atoms with E-state index in [9.17, 15) is 14.4 Å². The summed E-state index contributed by atoms with van der Waals surface area (Å²) in [6.45, 7) is 1.64. The Morgan fingerprint density at radius 3 is 2.49 bits per heavy atom. The van der Waals surface area contributed by atoms with Crippen molar-refractivity contribution in [2.75, 3.05) is 23.9 Å². The second-order valence-corrected chi connectivity index (χ2v) is 8.82. The first-order valence-electron chi connectivity index (χ1n) is 11.1. The van der Waals surface area contributed by atoms with Crippen LogP contribution in [0.5, 0.6) is 11.5 Å². The highest BCUT2D eigenvalue weighted by molar-refractivity contribution is 7.80. The Labute approximate surface area is 223 Å². The lowest BCUT2D eigenvalue weighted by Crippen LogP contribution is -2.54. The quantitative estimate of drug-likeness (QED) is 0.262. The third kappa shape index (κ3) is 5.96. The van der Waals surface area contributed by atoms with Gasteiger partial charge in [-0.15, -0.1) is 0 Å². The highest BCUT2D eigenvalue weighted by Gasteiger charge is 2.34. The maximum Gasteiger partial charge on any atom is 0.270 e. The normalized spacial score (nSPS) is 14.4. The number of nitrogens with one attached hydrogen (secondary N) is 2. The van der Waals surface area contributed by atoms with E-state index in [0.29, 0.717) is 16.9 Å². The van der Waals surface area contributed by atoms with E-state index in [1.54, 1.807) is 48.5 Å². The molecule has 1 saturated heterocycles. The van der Waals surface area contributed by atoms with Crippen LogP contribution in [0.3, 0.4) is 0 Å². The van der Waals surface area contributed by atoms with Crippen molar-refractivity contribution in [3.8, 4) is 11.5 Å². The minimum atomic E-state index is -0.634. The van der Waals surface area contributed by atoms with Crippen LogP contribution in [0.4, 0.5) is 11.4 Å². The van der Waals surface area contributed by atoms with E-state index in [1.807, 2.05) is 19.1 Å². The lowest BCUT2D eigenvalue weighted by Gasteiger charge is -2.28. The lowest BCUT2D eigenvalue weighted by atomic mass is 10.1. The largest absolute Gasteiger partial charge is 0.493 e. The van der Waals surface area contributed by atoms with Gasteiger partial charge in [-0.3, -0.25) is 24.6 Å². The summed E-state index contributed by atoms with van der Waals surface area (Å²) >= 11 is 11.6. The molecule has 1 heterocycles. The Morgan fingerprint density at radius 1 is 1.11 bits per heavy atom. The molecular weight excluding hydrogens is 514 g/mol. The Balaban J connectivity index is 1.54. The molecule has 188 valence electrons. The Morgan fingerprint density at radius 2 is 1.81 bits per heavy atom. The summed E-state index contributed by atoms with van der Waals surface area (Å²) in [4.78, 5) is 39.4. The number of carbonyl (C=O) groups excluding carboxylic acids is 3. The van der Waals surface area contributed by atoms with Gasteiger partial charge in [0.05, 0.1) is 17.8 Å². The molecule has 1 aliphatic rings. The zero-order valence-corrected chi connectivity index (χ0v) is 21.5. The maximum atomic E-state index is 13.2. The van der Waals surface area contributed by atoms with Crippen LogP contribution < -0.4 is 25.0 Å². The molecule has 3 aromatic carbocycles. The van der Waals surface area contributed by atoms with Crippen LogP contribution in [0.2, 0.25) is 5.02 Å². The van der Waals surface area contributed by atoms with Crippen molar-refractivity contribution in [2.45, 2.75) is 6.92 Å². The summed E-state index contributed by atoms with van der Waals surface area (Å²) in [7, 11) is 1.41. The monoisotopic (exact) mass is 535 g/mol. The van der Waals surface area contributed by atoms with E-state index in [0.717, 1.165) is 5.56 Å². The molecule has 10 heteroatoms. The van der Waals surface area contributed by atoms with Gasteiger partial charge in [-0.2, -0.15) is 0 Å². The maximum absolute atomic E-state index is 13.2. The Hall–Kier alpha value is -4.21. The Bertz CT molecular complexity index is 1410. The summed E-state index contributed by atoms with van der Waals surface area (Å²) in [6.07, 6.45) is 1.39. The van der Waals surface area contributed by atoms with Crippen molar-refractivity contribution in [1.29, 1.82) is 0 Å². The van der Waals surface area contributed by atoms with Crippen LogP contribution in [0, 0.1) is 6.92 Å². The van der Waals surface area contributed by atoms with Crippen LogP contribution in [-0.4, -0.2) is 36.6 Å². The van der Waals surface area contributed by atoms with Crippen LogP contribution in [0.15, 0.2) is 72.3 Å². The molecule has 1 aliphatic heterocycles. The number of para-hydroxylation sites is 1. The first kappa shape index (κ1) is 25.9. The molecule has 0 aromatic heterocycles. The summed E-state index contributed by atoms with van der Waals surface area (Å²) in [5, 5.41) is 5.39. The SMILES string of the molecule is COc1cc(/C=C2/C(=O)NC(=S)N(c3ccccc3)C2=O)cc(Cl)c1OCC(=O)Nc1ccc(C)cc1. The zero-order chi connectivity index (χ0) is 26.5. The van der Waals surface area contributed by atoms with E-state index in [2.05, 4.69) is 10.6 Å². The van der Waals surface area contributed by atoms with E-state index in [4.69, 9.17) is 33.3 Å². The molecule has 0 bridgehead atoms. The topological polar surface area (TPSA) is 97.0 Å². The van der Waals surface area contributed by atoms with Gasteiger partial charge in [-0.1, -0.05) is 47.5 Å². The van der Waals surface area contributed by atoms with Gasteiger partial charge >= 0.3 is 0 Å². The molecule has 0 aliphatic carbocycles. The lowest BCUT2D eigenvalue weighted by molar-refractivity contribution is -0.122. The number of hydrogen-bond acceptors (Lipinski definition) is 6. The number of aryl methyl sites for hydroxylation is 1. The van der Waals surface area contributed by atoms with E-state index in [-0.39, 0.29) is 39.7 Å². The van der Waals surface area contributed by atoms with Gasteiger partial charge in [0.2, 0.25) is 0 Å². The number of carbonyl (C=O) groups is 3. The summed E-state index contributed by atoms with van der Waals surface area (Å²) < 4.78 is 11.0. The molecule has 0 saturated carbocycles. The minimum absolute atomic E-state index is 0.0124. The number of anilines is 2. The first-order valence-corrected chi connectivity index (χ1v) is 11.9. The molecule has 8 nitrogen and oxygen atoms in total. The molecule has 2 N–H and O–H groups in total. The summed E-state index contributed by atoms with van der Waals surface area (Å²) in [6, 6.07) is 19.1.